The Morgan fingerprint density at radius 1 is 1.04 bits per heavy atom. The average Bonchev–Trinajstić information content (AvgIpc) is 2.53. The lowest BCUT2D eigenvalue weighted by atomic mass is 9.89. The van der Waals surface area contributed by atoms with E-state index < -0.39 is 18.2 Å². The van der Waals surface area contributed by atoms with Crippen LogP contribution in [-0.4, -0.2) is 48.0 Å². The van der Waals surface area contributed by atoms with Gasteiger partial charge in [0.2, 0.25) is 0 Å². The van der Waals surface area contributed by atoms with Crippen LogP contribution in [0, 0.1) is 5.92 Å². The Labute approximate surface area is 153 Å². The summed E-state index contributed by atoms with van der Waals surface area (Å²) in [6, 6.07) is -0.231. The quantitative estimate of drug-likeness (QED) is 0.672. The molecule has 0 aromatic rings. The minimum atomic E-state index is -0.786. The number of rotatable bonds is 6. The van der Waals surface area contributed by atoms with Gasteiger partial charge in [-0.15, -0.1) is 0 Å². The lowest BCUT2D eigenvalue weighted by molar-refractivity contribution is -0.164. The van der Waals surface area contributed by atoms with Crippen LogP contribution in [0.25, 0.3) is 0 Å². The molecule has 26 heavy (non-hydrogen) atoms. The van der Waals surface area contributed by atoms with Gasteiger partial charge in [0.15, 0.2) is 12.2 Å². The summed E-state index contributed by atoms with van der Waals surface area (Å²) in [7, 11) is 0. The Bertz CT molecular complexity index is 562. The molecule has 2 heterocycles. The Morgan fingerprint density at radius 2 is 1.69 bits per heavy atom. The predicted octanol–water partition coefficient (Wildman–Crippen LogP) is 0.823. The Morgan fingerprint density at radius 3 is 2.35 bits per heavy atom. The van der Waals surface area contributed by atoms with Gasteiger partial charge in [-0.05, 0) is 52.4 Å². The van der Waals surface area contributed by atoms with Crippen molar-refractivity contribution in [3.8, 4) is 0 Å². The maximum atomic E-state index is 12.2. The second kappa shape index (κ2) is 9.00. The van der Waals surface area contributed by atoms with Crippen molar-refractivity contribution in [1.82, 2.24) is 10.6 Å². The van der Waals surface area contributed by atoms with Gasteiger partial charge in [0.25, 0.3) is 11.8 Å². The molecule has 0 bridgehead atoms. The fourth-order valence-electron chi connectivity index (χ4n) is 3.38. The summed E-state index contributed by atoms with van der Waals surface area (Å²) in [6.07, 6.45) is 1.21. The molecule has 0 aromatic heterocycles. The van der Waals surface area contributed by atoms with Crippen LogP contribution in [-0.2, 0) is 28.7 Å². The third-order valence-electron chi connectivity index (χ3n) is 4.49. The molecule has 146 valence electrons. The molecule has 0 saturated carbocycles. The van der Waals surface area contributed by atoms with Gasteiger partial charge in [-0.2, -0.15) is 0 Å². The molecule has 8 nitrogen and oxygen atoms in total. The molecular formula is C18H28N2O6. The molecule has 4 atom stereocenters. The van der Waals surface area contributed by atoms with Crippen molar-refractivity contribution >= 4 is 23.8 Å². The highest BCUT2D eigenvalue weighted by atomic mass is 16.6. The highest BCUT2D eigenvalue weighted by molar-refractivity contribution is 5.85. The van der Waals surface area contributed by atoms with Crippen molar-refractivity contribution in [3.05, 3.63) is 0 Å². The number of ether oxygens (including phenoxy) is 2. The number of carbonyl (C=O) groups is 4. The molecule has 2 N–H and O–H groups in total. The zero-order chi connectivity index (χ0) is 19.3. The maximum absolute atomic E-state index is 12.2. The molecule has 2 rings (SSSR count). The molecule has 0 aliphatic carbocycles. The number of hydrogen-bond acceptors (Lipinski definition) is 6. The number of cyclic esters (lactones) is 2. The van der Waals surface area contributed by atoms with E-state index in [0.29, 0.717) is 32.1 Å². The molecule has 8 heteroatoms. The molecule has 0 spiro atoms. The van der Waals surface area contributed by atoms with Crippen LogP contribution in [0.2, 0.25) is 0 Å². The average molecular weight is 368 g/mol. The molecule has 2 aliphatic rings. The molecule has 2 aliphatic heterocycles. The third kappa shape index (κ3) is 6.00. The number of nitrogens with one attached hydrogen (secondary N) is 2. The summed E-state index contributed by atoms with van der Waals surface area (Å²) in [5.41, 5.74) is 0. The van der Waals surface area contributed by atoms with Crippen molar-refractivity contribution in [2.45, 2.75) is 83.6 Å². The molecular weight excluding hydrogens is 340 g/mol. The van der Waals surface area contributed by atoms with Crippen molar-refractivity contribution in [1.29, 1.82) is 0 Å². The highest BCUT2D eigenvalue weighted by Crippen LogP contribution is 2.26. The van der Waals surface area contributed by atoms with Crippen molar-refractivity contribution in [3.63, 3.8) is 0 Å². The summed E-state index contributed by atoms with van der Waals surface area (Å²) in [5.74, 6) is -1.40. The fourth-order valence-corrected chi connectivity index (χ4v) is 3.38. The third-order valence-corrected chi connectivity index (χ3v) is 4.49. The van der Waals surface area contributed by atoms with Crippen LogP contribution in [0.4, 0.5) is 0 Å². The van der Waals surface area contributed by atoms with Gasteiger partial charge in [0.1, 0.15) is 0 Å². The highest BCUT2D eigenvalue weighted by Gasteiger charge is 2.35. The molecule has 2 amide bonds. The number of carbonyl (C=O) groups excluding carboxylic acids is 4. The van der Waals surface area contributed by atoms with Crippen LogP contribution in [0.1, 0.15) is 59.3 Å². The largest absolute Gasteiger partial charge is 0.452 e. The minimum absolute atomic E-state index is 0.0296. The summed E-state index contributed by atoms with van der Waals surface area (Å²) in [4.78, 5) is 47.4. The first-order valence-corrected chi connectivity index (χ1v) is 9.24. The summed E-state index contributed by atoms with van der Waals surface area (Å²) in [5, 5.41) is 5.59. The first-order valence-electron chi connectivity index (χ1n) is 9.24. The SMILES string of the molecule is CC(C)NC(=O)[C@H]1CC(CC(C)NC(=O)[C@@H]2CCCC(=O)O2)CC(=O)O1. The number of hydrogen-bond donors (Lipinski definition) is 2. The van der Waals surface area contributed by atoms with E-state index >= 15 is 0 Å². The van der Waals surface area contributed by atoms with E-state index in [9.17, 15) is 19.2 Å². The van der Waals surface area contributed by atoms with E-state index in [-0.39, 0.29) is 42.2 Å². The maximum Gasteiger partial charge on any atom is 0.306 e. The monoisotopic (exact) mass is 368 g/mol. The Hall–Kier alpha value is -2.12. The first kappa shape index (κ1) is 20.2. The second-order valence-corrected chi connectivity index (χ2v) is 7.46. The van der Waals surface area contributed by atoms with Gasteiger partial charge < -0.3 is 20.1 Å². The van der Waals surface area contributed by atoms with E-state index in [1.165, 1.54) is 0 Å². The van der Waals surface area contributed by atoms with Gasteiger partial charge in [0.05, 0.1) is 0 Å². The van der Waals surface area contributed by atoms with Crippen molar-refractivity contribution in [2.24, 2.45) is 5.92 Å². The zero-order valence-electron chi connectivity index (χ0n) is 15.6. The van der Waals surface area contributed by atoms with E-state index in [4.69, 9.17) is 9.47 Å². The van der Waals surface area contributed by atoms with Gasteiger partial charge >= 0.3 is 11.9 Å². The van der Waals surface area contributed by atoms with Crippen molar-refractivity contribution in [2.75, 3.05) is 0 Å². The van der Waals surface area contributed by atoms with Gasteiger partial charge in [-0.3, -0.25) is 19.2 Å². The van der Waals surface area contributed by atoms with Gasteiger partial charge in [-0.1, -0.05) is 0 Å². The van der Waals surface area contributed by atoms with Gasteiger partial charge in [0, 0.05) is 24.9 Å². The number of amides is 2. The smallest absolute Gasteiger partial charge is 0.306 e. The van der Waals surface area contributed by atoms with Crippen LogP contribution >= 0.6 is 0 Å². The zero-order valence-corrected chi connectivity index (χ0v) is 15.6. The summed E-state index contributed by atoms with van der Waals surface area (Å²) >= 11 is 0. The predicted molar refractivity (Wildman–Crippen MR) is 91.8 cm³/mol. The lowest BCUT2D eigenvalue weighted by Gasteiger charge is -2.30. The van der Waals surface area contributed by atoms with E-state index in [1.54, 1.807) is 0 Å². The van der Waals surface area contributed by atoms with E-state index in [2.05, 4.69) is 10.6 Å². The van der Waals surface area contributed by atoms with E-state index in [0.717, 1.165) is 0 Å². The van der Waals surface area contributed by atoms with Crippen LogP contribution in [0.5, 0.6) is 0 Å². The van der Waals surface area contributed by atoms with E-state index in [1.807, 2.05) is 20.8 Å². The molecule has 2 saturated heterocycles. The second-order valence-electron chi connectivity index (χ2n) is 7.46. The standard InChI is InChI=1S/C18H28N2O6/c1-10(2)19-18(24)14-8-12(9-16(22)26-14)7-11(3)20-17(23)13-5-4-6-15(21)25-13/h10-14H,4-9H2,1-3H3,(H,19,24)(H,20,23)/t11?,12?,13-,14+/m0/s1. The van der Waals surface area contributed by atoms with Crippen molar-refractivity contribution < 1.29 is 28.7 Å². The first-order chi connectivity index (χ1) is 12.2. The van der Waals surface area contributed by atoms with Crippen LogP contribution in [0.15, 0.2) is 0 Å². The van der Waals surface area contributed by atoms with Gasteiger partial charge in [-0.25, -0.2) is 0 Å². The van der Waals surface area contributed by atoms with Crippen LogP contribution < -0.4 is 10.6 Å². The topological polar surface area (TPSA) is 111 Å². The Kier molecular flexibility index (Phi) is 6.99. The normalized spacial score (nSPS) is 27.3. The molecule has 0 aromatic carbocycles. The minimum Gasteiger partial charge on any atom is -0.452 e. The lowest BCUT2D eigenvalue weighted by Crippen LogP contribution is -2.47. The summed E-state index contributed by atoms with van der Waals surface area (Å²) < 4.78 is 10.2. The van der Waals surface area contributed by atoms with Crippen LogP contribution in [0.3, 0.4) is 0 Å². The molecule has 0 radical (unpaired) electrons. The summed E-state index contributed by atoms with van der Waals surface area (Å²) in [6.45, 7) is 5.52. The molecule has 2 fully saturated rings. The Balaban J connectivity index is 1.84. The fraction of sp³-hybridized carbons (Fsp3) is 0.778. The molecule has 2 unspecified atom stereocenters. The number of esters is 2.